The predicted molar refractivity (Wildman–Crippen MR) is 70.8 cm³/mol. The fourth-order valence-corrected chi connectivity index (χ4v) is 2.82. The highest BCUT2D eigenvalue weighted by Gasteiger charge is 2.24. The fraction of sp³-hybridized carbons (Fsp3) is 0.667. The van der Waals surface area contributed by atoms with Crippen molar-refractivity contribution in [2.45, 2.75) is 25.7 Å². The summed E-state index contributed by atoms with van der Waals surface area (Å²) >= 11 is 3.42. The Labute approximate surface area is 110 Å². The molecular formula is C12H18BrN3O. The van der Waals surface area contributed by atoms with Gasteiger partial charge in [-0.15, -0.1) is 0 Å². The zero-order valence-electron chi connectivity index (χ0n) is 9.77. The van der Waals surface area contributed by atoms with E-state index in [2.05, 4.69) is 31.2 Å². The van der Waals surface area contributed by atoms with Crippen molar-refractivity contribution in [1.29, 1.82) is 0 Å². The molecule has 0 spiro atoms. The normalized spacial score (nSPS) is 24.6. The molecule has 4 nitrogen and oxygen atoms in total. The number of nitrogens with one attached hydrogen (secondary N) is 1. The number of hydrogen-bond acceptors (Lipinski definition) is 4. The van der Waals surface area contributed by atoms with Crippen molar-refractivity contribution in [2.75, 3.05) is 18.5 Å². The summed E-state index contributed by atoms with van der Waals surface area (Å²) in [5.41, 5.74) is 0. The van der Waals surface area contributed by atoms with Gasteiger partial charge in [0.25, 0.3) is 0 Å². The molecule has 0 radical (unpaired) electrons. The summed E-state index contributed by atoms with van der Waals surface area (Å²) in [7, 11) is 0. The molecule has 0 saturated heterocycles. The Kier molecular flexibility index (Phi) is 4.74. The average molecular weight is 300 g/mol. The Hall–Kier alpha value is -0.680. The molecule has 1 heterocycles. The van der Waals surface area contributed by atoms with Crippen LogP contribution in [0.1, 0.15) is 25.7 Å². The molecule has 2 unspecified atom stereocenters. The maximum atomic E-state index is 9.35. The highest BCUT2D eigenvalue weighted by molar-refractivity contribution is 9.10. The third-order valence-electron chi connectivity index (χ3n) is 3.50. The monoisotopic (exact) mass is 299 g/mol. The summed E-state index contributed by atoms with van der Waals surface area (Å²) in [4.78, 5) is 8.11. The number of nitrogens with zero attached hydrogens (tertiary/aromatic N) is 2. The van der Waals surface area contributed by atoms with E-state index in [4.69, 9.17) is 0 Å². The standard InChI is InChI=1S/C12H18BrN3O/c13-11-6-14-8-16-12(11)15-5-9-3-1-2-4-10(9)7-17/h6,8-10,17H,1-5,7H2,(H,14,15,16). The number of aliphatic hydroxyl groups is 1. The maximum Gasteiger partial charge on any atom is 0.143 e. The quantitative estimate of drug-likeness (QED) is 0.897. The Morgan fingerprint density at radius 3 is 2.82 bits per heavy atom. The van der Waals surface area contributed by atoms with Gasteiger partial charge in [0.15, 0.2) is 0 Å². The summed E-state index contributed by atoms with van der Waals surface area (Å²) in [6, 6.07) is 0. The van der Waals surface area contributed by atoms with E-state index < -0.39 is 0 Å². The number of halogens is 1. The number of rotatable bonds is 4. The van der Waals surface area contributed by atoms with Gasteiger partial charge in [-0.05, 0) is 40.6 Å². The molecule has 1 saturated carbocycles. The predicted octanol–water partition coefficient (Wildman–Crippen LogP) is 2.45. The van der Waals surface area contributed by atoms with Gasteiger partial charge < -0.3 is 10.4 Å². The van der Waals surface area contributed by atoms with Gasteiger partial charge in [-0.1, -0.05) is 12.8 Å². The van der Waals surface area contributed by atoms with E-state index in [0.29, 0.717) is 18.4 Å². The molecule has 1 aliphatic rings. The number of hydrogen-bond donors (Lipinski definition) is 2. The second-order valence-corrected chi connectivity index (χ2v) is 5.44. The Morgan fingerprint density at radius 2 is 2.12 bits per heavy atom. The third kappa shape index (κ3) is 3.39. The van der Waals surface area contributed by atoms with Crippen LogP contribution in [-0.2, 0) is 0 Å². The van der Waals surface area contributed by atoms with Crippen LogP contribution in [0.4, 0.5) is 5.82 Å². The third-order valence-corrected chi connectivity index (χ3v) is 4.08. The van der Waals surface area contributed by atoms with Crippen LogP contribution < -0.4 is 5.32 Å². The molecule has 1 aliphatic carbocycles. The minimum absolute atomic E-state index is 0.303. The zero-order chi connectivity index (χ0) is 12.1. The first-order valence-electron chi connectivity index (χ1n) is 6.11. The largest absolute Gasteiger partial charge is 0.396 e. The van der Waals surface area contributed by atoms with Crippen LogP contribution in [0.5, 0.6) is 0 Å². The molecule has 0 aromatic carbocycles. The van der Waals surface area contributed by atoms with E-state index in [-0.39, 0.29) is 0 Å². The molecule has 17 heavy (non-hydrogen) atoms. The second-order valence-electron chi connectivity index (χ2n) is 4.59. The number of anilines is 1. The van der Waals surface area contributed by atoms with Crippen molar-refractivity contribution in [1.82, 2.24) is 9.97 Å². The van der Waals surface area contributed by atoms with Gasteiger partial charge >= 0.3 is 0 Å². The van der Waals surface area contributed by atoms with Crippen LogP contribution in [-0.4, -0.2) is 28.2 Å². The van der Waals surface area contributed by atoms with Gasteiger partial charge in [0.2, 0.25) is 0 Å². The van der Waals surface area contributed by atoms with Crippen LogP contribution in [0.15, 0.2) is 17.0 Å². The molecule has 2 rings (SSSR count). The lowest BCUT2D eigenvalue weighted by Crippen LogP contribution is -2.28. The number of aromatic nitrogens is 2. The topological polar surface area (TPSA) is 58.0 Å². The first kappa shape index (κ1) is 12.8. The van der Waals surface area contributed by atoms with Crippen molar-refractivity contribution in [2.24, 2.45) is 11.8 Å². The highest BCUT2D eigenvalue weighted by Crippen LogP contribution is 2.30. The van der Waals surface area contributed by atoms with E-state index in [9.17, 15) is 5.11 Å². The smallest absolute Gasteiger partial charge is 0.143 e. The molecule has 0 bridgehead atoms. The van der Waals surface area contributed by atoms with Gasteiger partial charge in [-0.2, -0.15) is 0 Å². The molecule has 0 amide bonds. The van der Waals surface area contributed by atoms with Crippen LogP contribution in [0.25, 0.3) is 0 Å². The van der Waals surface area contributed by atoms with Gasteiger partial charge in [-0.25, -0.2) is 9.97 Å². The lowest BCUT2D eigenvalue weighted by atomic mass is 9.79. The SMILES string of the molecule is OCC1CCCCC1CNc1ncncc1Br. The summed E-state index contributed by atoms with van der Waals surface area (Å²) in [5, 5.41) is 12.7. The van der Waals surface area contributed by atoms with Crippen LogP contribution in [0.2, 0.25) is 0 Å². The van der Waals surface area contributed by atoms with E-state index in [1.54, 1.807) is 6.20 Å². The van der Waals surface area contributed by atoms with Crippen molar-refractivity contribution in [3.8, 4) is 0 Å². The minimum atomic E-state index is 0.303. The van der Waals surface area contributed by atoms with Crippen molar-refractivity contribution in [3.63, 3.8) is 0 Å². The maximum absolute atomic E-state index is 9.35. The summed E-state index contributed by atoms with van der Waals surface area (Å²) in [5.74, 6) is 1.83. The molecule has 1 fully saturated rings. The van der Waals surface area contributed by atoms with Crippen molar-refractivity contribution in [3.05, 3.63) is 17.0 Å². The van der Waals surface area contributed by atoms with Crippen LogP contribution in [0, 0.1) is 11.8 Å². The van der Waals surface area contributed by atoms with E-state index in [1.807, 2.05) is 0 Å². The lowest BCUT2D eigenvalue weighted by Gasteiger charge is -2.30. The van der Waals surface area contributed by atoms with Crippen LogP contribution in [0.3, 0.4) is 0 Å². The first-order chi connectivity index (χ1) is 8.31. The van der Waals surface area contributed by atoms with Gasteiger partial charge in [0, 0.05) is 19.3 Å². The summed E-state index contributed by atoms with van der Waals surface area (Å²) in [6.07, 6.45) is 8.14. The molecule has 1 aromatic heterocycles. The molecule has 2 N–H and O–H groups in total. The molecule has 0 aliphatic heterocycles. The Bertz CT molecular complexity index is 361. The van der Waals surface area contributed by atoms with Crippen molar-refractivity contribution < 1.29 is 5.11 Å². The van der Waals surface area contributed by atoms with Crippen LogP contribution >= 0.6 is 15.9 Å². The molecular weight excluding hydrogens is 282 g/mol. The van der Waals surface area contributed by atoms with Gasteiger partial charge in [0.05, 0.1) is 4.47 Å². The number of aliphatic hydroxyl groups excluding tert-OH is 1. The van der Waals surface area contributed by atoms with Gasteiger partial charge in [0.1, 0.15) is 12.1 Å². The molecule has 94 valence electrons. The van der Waals surface area contributed by atoms with E-state index >= 15 is 0 Å². The Balaban J connectivity index is 1.90. The Morgan fingerprint density at radius 1 is 1.35 bits per heavy atom. The summed E-state index contributed by atoms with van der Waals surface area (Å²) < 4.78 is 0.886. The zero-order valence-corrected chi connectivity index (χ0v) is 11.4. The first-order valence-corrected chi connectivity index (χ1v) is 6.90. The van der Waals surface area contributed by atoms with E-state index in [1.165, 1.54) is 25.6 Å². The van der Waals surface area contributed by atoms with Gasteiger partial charge in [-0.3, -0.25) is 0 Å². The lowest BCUT2D eigenvalue weighted by molar-refractivity contribution is 0.141. The molecule has 5 heteroatoms. The molecule has 1 aromatic rings. The van der Waals surface area contributed by atoms with E-state index in [0.717, 1.165) is 23.3 Å². The minimum Gasteiger partial charge on any atom is -0.396 e. The average Bonchev–Trinajstić information content (AvgIpc) is 2.38. The summed E-state index contributed by atoms with van der Waals surface area (Å²) in [6.45, 7) is 1.18. The molecule has 2 atom stereocenters. The second kappa shape index (κ2) is 6.31. The fourth-order valence-electron chi connectivity index (χ4n) is 2.46. The highest BCUT2D eigenvalue weighted by atomic mass is 79.9. The van der Waals surface area contributed by atoms with Crippen molar-refractivity contribution >= 4 is 21.7 Å².